The molecule has 0 unspecified atom stereocenters. The number of alkyl halides is 3. The third-order valence-corrected chi connectivity index (χ3v) is 1.64. The molecule has 0 fully saturated rings. The Bertz CT molecular complexity index is 301. The summed E-state index contributed by atoms with van der Waals surface area (Å²) in [7, 11) is 0. The van der Waals surface area contributed by atoms with E-state index in [0.29, 0.717) is 6.07 Å². The summed E-state index contributed by atoms with van der Waals surface area (Å²) in [6.45, 7) is 3.33. The van der Waals surface area contributed by atoms with E-state index in [1.165, 1.54) is 0 Å². The first kappa shape index (κ1) is 10.0. The Balaban J connectivity index is 3.14. The molecule has 0 N–H and O–H groups in total. The lowest BCUT2D eigenvalue weighted by Crippen LogP contribution is -2.06. The molecular weight excluding hydrogens is 184 g/mol. The highest BCUT2D eigenvalue weighted by Crippen LogP contribution is 2.30. The number of hydrogen-bond donors (Lipinski definition) is 0. The Hall–Kier alpha value is -1.06. The van der Waals surface area contributed by atoms with Crippen LogP contribution in [0.1, 0.15) is 11.1 Å². The zero-order valence-electron chi connectivity index (χ0n) is 6.66. The summed E-state index contributed by atoms with van der Waals surface area (Å²) in [6.07, 6.45) is -4.41. The molecule has 0 nitrogen and oxygen atoms in total. The summed E-state index contributed by atoms with van der Waals surface area (Å²) in [6, 6.07) is 2.31. The van der Waals surface area contributed by atoms with Crippen molar-refractivity contribution in [3.8, 4) is 0 Å². The van der Waals surface area contributed by atoms with E-state index in [1.807, 2.05) is 0 Å². The first-order chi connectivity index (χ1) is 5.95. The number of hydrogen-bond acceptors (Lipinski definition) is 0. The molecule has 0 aliphatic carbocycles. The van der Waals surface area contributed by atoms with Crippen molar-refractivity contribution >= 4 is 0 Å². The van der Waals surface area contributed by atoms with Gasteiger partial charge in [-0.25, -0.2) is 4.39 Å². The van der Waals surface area contributed by atoms with E-state index >= 15 is 0 Å². The van der Waals surface area contributed by atoms with Gasteiger partial charge in [-0.1, -0.05) is 0 Å². The van der Waals surface area contributed by atoms with Crippen molar-refractivity contribution in [3.05, 3.63) is 42.1 Å². The van der Waals surface area contributed by atoms with Gasteiger partial charge in [0.1, 0.15) is 5.82 Å². The van der Waals surface area contributed by atoms with Crippen LogP contribution < -0.4 is 0 Å². The van der Waals surface area contributed by atoms with Crippen molar-refractivity contribution in [2.75, 3.05) is 0 Å². The van der Waals surface area contributed by atoms with Crippen molar-refractivity contribution in [1.29, 1.82) is 0 Å². The molecule has 0 atom stereocenters. The van der Waals surface area contributed by atoms with Crippen molar-refractivity contribution in [2.45, 2.75) is 12.6 Å². The fourth-order valence-corrected chi connectivity index (χ4v) is 0.943. The minimum Gasteiger partial charge on any atom is -0.207 e. The molecule has 1 aromatic rings. The van der Waals surface area contributed by atoms with Crippen LogP contribution in [0.3, 0.4) is 0 Å². The fourth-order valence-electron chi connectivity index (χ4n) is 0.943. The average Bonchev–Trinajstić information content (AvgIpc) is 2.03. The summed E-state index contributed by atoms with van der Waals surface area (Å²) in [4.78, 5) is 0. The monoisotopic (exact) mass is 191 g/mol. The van der Waals surface area contributed by atoms with Gasteiger partial charge >= 0.3 is 6.18 Å². The molecule has 1 rings (SSSR count). The standard InChI is InChI=1S/C9H7F4/c1-2-6-5-7(9(11,12)13)3-4-8(6)10/h3-5H,1-2H2. The molecule has 1 aromatic carbocycles. The highest BCUT2D eigenvalue weighted by Gasteiger charge is 2.30. The van der Waals surface area contributed by atoms with Gasteiger partial charge in [-0.05, 0) is 37.1 Å². The second-order valence-electron chi connectivity index (χ2n) is 2.55. The van der Waals surface area contributed by atoms with Crippen LogP contribution in [-0.2, 0) is 12.6 Å². The lowest BCUT2D eigenvalue weighted by Gasteiger charge is -2.08. The molecule has 13 heavy (non-hydrogen) atoms. The second-order valence-corrected chi connectivity index (χ2v) is 2.55. The maximum absolute atomic E-state index is 12.8. The van der Waals surface area contributed by atoms with Gasteiger partial charge in [0.05, 0.1) is 5.56 Å². The van der Waals surface area contributed by atoms with Gasteiger partial charge in [0, 0.05) is 0 Å². The van der Waals surface area contributed by atoms with E-state index in [-0.39, 0.29) is 12.0 Å². The molecule has 0 bridgehead atoms. The molecule has 0 aliphatic heterocycles. The fraction of sp³-hybridized carbons (Fsp3) is 0.222. The van der Waals surface area contributed by atoms with E-state index in [2.05, 4.69) is 6.92 Å². The first-order valence-corrected chi connectivity index (χ1v) is 3.60. The minimum absolute atomic E-state index is 0.00968. The predicted octanol–water partition coefficient (Wildman–Crippen LogP) is 3.22. The van der Waals surface area contributed by atoms with E-state index in [4.69, 9.17) is 0 Å². The molecule has 0 saturated heterocycles. The van der Waals surface area contributed by atoms with Gasteiger partial charge in [-0.2, -0.15) is 13.2 Å². The smallest absolute Gasteiger partial charge is 0.207 e. The van der Waals surface area contributed by atoms with Crippen LogP contribution in [0, 0.1) is 12.7 Å². The van der Waals surface area contributed by atoms with Crippen LogP contribution in [0.4, 0.5) is 17.6 Å². The Morgan fingerprint density at radius 3 is 2.31 bits per heavy atom. The summed E-state index contributed by atoms with van der Waals surface area (Å²) < 4.78 is 49.0. The summed E-state index contributed by atoms with van der Waals surface area (Å²) in [5, 5.41) is 0. The topological polar surface area (TPSA) is 0 Å². The van der Waals surface area contributed by atoms with E-state index in [0.717, 1.165) is 12.1 Å². The van der Waals surface area contributed by atoms with Gasteiger partial charge in [0.25, 0.3) is 0 Å². The van der Waals surface area contributed by atoms with E-state index in [9.17, 15) is 17.6 Å². The maximum Gasteiger partial charge on any atom is 0.416 e. The van der Waals surface area contributed by atoms with Crippen LogP contribution in [0.2, 0.25) is 0 Å². The molecule has 71 valence electrons. The Labute approximate surface area is 73.2 Å². The zero-order valence-corrected chi connectivity index (χ0v) is 6.66. The van der Waals surface area contributed by atoms with Crippen molar-refractivity contribution < 1.29 is 17.6 Å². The second kappa shape index (κ2) is 3.36. The van der Waals surface area contributed by atoms with Gasteiger partial charge in [-0.3, -0.25) is 0 Å². The number of halogens is 4. The normalized spacial score (nSPS) is 11.8. The predicted molar refractivity (Wildman–Crippen MR) is 40.5 cm³/mol. The van der Waals surface area contributed by atoms with Gasteiger partial charge in [0.15, 0.2) is 0 Å². The van der Waals surface area contributed by atoms with Crippen LogP contribution in [0.5, 0.6) is 0 Å². The molecule has 0 saturated carbocycles. The Kier molecular flexibility index (Phi) is 2.59. The summed E-state index contributed by atoms with van der Waals surface area (Å²) in [5.41, 5.74) is -0.859. The Morgan fingerprint density at radius 2 is 1.85 bits per heavy atom. The highest BCUT2D eigenvalue weighted by molar-refractivity contribution is 5.27. The average molecular weight is 191 g/mol. The van der Waals surface area contributed by atoms with Crippen LogP contribution in [-0.4, -0.2) is 0 Å². The zero-order chi connectivity index (χ0) is 10.1. The Morgan fingerprint density at radius 1 is 1.23 bits per heavy atom. The van der Waals surface area contributed by atoms with Crippen molar-refractivity contribution in [1.82, 2.24) is 0 Å². The van der Waals surface area contributed by atoms with E-state index in [1.54, 1.807) is 0 Å². The number of benzene rings is 1. The largest absolute Gasteiger partial charge is 0.416 e. The molecule has 0 heterocycles. The first-order valence-electron chi connectivity index (χ1n) is 3.60. The molecule has 0 amide bonds. The third kappa shape index (κ3) is 2.20. The van der Waals surface area contributed by atoms with Gasteiger partial charge in [-0.15, -0.1) is 0 Å². The van der Waals surface area contributed by atoms with Crippen molar-refractivity contribution in [3.63, 3.8) is 0 Å². The molecule has 1 radical (unpaired) electrons. The van der Waals surface area contributed by atoms with Crippen LogP contribution >= 0.6 is 0 Å². The SMILES string of the molecule is [CH2]Cc1cc(C(F)(F)F)ccc1F. The van der Waals surface area contributed by atoms with Gasteiger partial charge in [0.2, 0.25) is 0 Å². The van der Waals surface area contributed by atoms with Crippen molar-refractivity contribution in [2.24, 2.45) is 0 Å². The van der Waals surface area contributed by atoms with E-state index < -0.39 is 17.6 Å². The quantitative estimate of drug-likeness (QED) is 0.598. The summed E-state index contributed by atoms with van der Waals surface area (Å²) in [5.74, 6) is -0.650. The van der Waals surface area contributed by atoms with Gasteiger partial charge < -0.3 is 0 Å². The molecular formula is C9H7F4. The minimum atomic E-state index is -4.42. The molecule has 0 spiro atoms. The molecule has 0 aromatic heterocycles. The molecule has 4 heteroatoms. The highest BCUT2D eigenvalue weighted by atomic mass is 19.4. The third-order valence-electron chi connectivity index (χ3n) is 1.64. The molecule has 0 aliphatic rings. The summed E-state index contributed by atoms with van der Waals surface area (Å²) >= 11 is 0. The lowest BCUT2D eigenvalue weighted by molar-refractivity contribution is -0.137. The lowest BCUT2D eigenvalue weighted by atomic mass is 10.1. The van der Waals surface area contributed by atoms with Crippen LogP contribution in [0.15, 0.2) is 18.2 Å². The maximum atomic E-state index is 12.8. The van der Waals surface area contributed by atoms with Crippen LogP contribution in [0.25, 0.3) is 0 Å². The number of rotatable bonds is 1.